The molecule has 1 fully saturated rings. The first kappa shape index (κ1) is 26.5. The van der Waals surface area contributed by atoms with Crippen LogP contribution in [0, 0.1) is 0 Å². The van der Waals surface area contributed by atoms with Crippen LogP contribution in [0.25, 0.3) is 6.08 Å². The third kappa shape index (κ3) is 4.59. The van der Waals surface area contributed by atoms with E-state index in [9.17, 15) is 14.7 Å². The third-order valence-corrected chi connectivity index (χ3v) is 8.67. The van der Waals surface area contributed by atoms with Crippen LogP contribution in [0.3, 0.4) is 0 Å². The Hall–Kier alpha value is -4.73. The summed E-state index contributed by atoms with van der Waals surface area (Å²) in [5.41, 5.74) is 9.39. The zero-order valence-corrected chi connectivity index (χ0v) is 22.8. The van der Waals surface area contributed by atoms with E-state index in [-0.39, 0.29) is 17.0 Å². The maximum absolute atomic E-state index is 12.2. The molecule has 6 rings (SSSR count). The van der Waals surface area contributed by atoms with Crippen molar-refractivity contribution in [2.24, 2.45) is 5.73 Å². The fourth-order valence-electron chi connectivity index (χ4n) is 5.45. The quantitative estimate of drug-likeness (QED) is 0.188. The summed E-state index contributed by atoms with van der Waals surface area (Å²) in [5.74, 6) is -1.05. The zero-order valence-electron chi connectivity index (χ0n) is 21.9. The lowest BCUT2D eigenvalue weighted by atomic mass is 9.77. The van der Waals surface area contributed by atoms with Gasteiger partial charge in [-0.1, -0.05) is 114 Å². The maximum Gasteiger partial charge on any atom is 0.352 e. The molecule has 204 valence electrons. The summed E-state index contributed by atoms with van der Waals surface area (Å²) in [4.78, 5) is 25.4. The van der Waals surface area contributed by atoms with E-state index in [1.165, 1.54) is 16.7 Å². The molecule has 1 amide bonds. The number of thioether (sulfide) groups is 1. The number of β-lactam (4-membered cyclic amide) rings is 1. The smallest absolute Gasteiger partial charge is 0.352 e. The number of carboxylic acids is 1. The molecule has 0 unspecified atom stereocenters. The number of amides is 1. The second kappa shape index (κ2) is 11.0. The van der Waals surface area contributed by atoms with Crippen molar-refractivity contribution in [3.8, 4) is 0 Å². The molecule has 1 saturated heterocycles. The molecular formula is C32H27N5O3S. The highest BCUT2D eigenvalue weighted by atomic mass is 32.2. The van der Waals surface area contributed by atoms with E-state index in [4.69, 9.17) is 5.73 Å². The Morgan fingerprint density at radius 2 is 1.44 bits per heavy atom. The SMILES string of the molecule is N[C@@H]1C(=O)N2C(C(=O)O)=C(/C=C/C=C/c3cn(C(c4ccccc4)(c4ccccc4)c4ccccc4)nn3)CS[C@H]12. The van der Waals surface area contributed by atoms with Crippen LogP contribution in [-0.2, 0) is 15.1 Å². The van der Waals surface area contributed by atoms with Crippen LogP contribution in [0.5, 0.6) is 0 Å². The highest BCUT2D eigenvalue weighted by Gasteiger charge is 2.51. The van der Waals surface area contributed by atoms with Gasteiger partial charge >= 0.3 is 5.97 Å². The number of benzene rings is 3. The zero-order chi connectivity index (χ0) is 28.4. The van der Waals surface area contributed by atoms with Crippen LogP contribution in [0.4, 0.5) is 0 Å². The molecule has 3 aromatic carbocycles. The first-order valence-electron chi connectivity index (χ1n) is 13.1. The summed E-state index contributed by atoms with van der Waals surface area (Å²) < 4.78 is 1.89. The first-order chi connectivity index (χ1) is 20.0. The van der Waals surface area contributed by atoms with E-state index in [1.54, 1.807) is 18.2 Å². The molecular weight excluding hydrogens is 534 g/mol. The predicted molar refractivity (Wildman–Crippen MR) is 159 cm³/mol. The van der Waals surface area contributed by atoms with Crippen molar-refractivity contribution in [3.63, 3.8) is 0 Å². The Balaban J connectivity index is 1.36. The number of carboxylic acid groups (broad SMARTS) is 1. The number of aliphatic carboxylic acids is 1. The molecule has 3 N–H and O–H groups in total. The molecule has 0 radical (unpaired) electrons. The number of nitrogens with zero attached hydrogens (tertiary/aromatic N) is 4. The van der Waals surface area contributed by atoms with Gasteiger partial charge in [-0.2, -0.15) is 0 Å². The fourth-order valence-corrected chi connectivity index (χ4v) is 6.71. The van der Waals surface area contributed by atoms with Crippen molar-refractivity contribution in [2.45, 2.75) is 17.0 Å². The molecule has 8 nitrogen and oxygen atoms in total. The van der Waals surface area contributed by atoms with E-state index in [0.29, 0.717) is 17.0 Å². The van der Waals surface area contributed by atoms with Crippen LogP contribution in [-0.4, -0.2) is 54.0 Å². The molecule has 2 aliphatic heterocycles. The Morgan fingerprint density at radius 1 is 0.902 bits per heavy atom. The van der Waals surface area contributed by atoms with Crippen LogP contribution < -0.4 is 5.73 Å². The summed E-state index contributed by atoms with van der Waals surface area (Å²) in [7, 11) is 0. The summed E-state index contributed by atoms with van der Waals surface area (Å²) in [6.45, 7) is 0. The standard InChI is InChI=1S/C32H27N5O3S/c33-27-29(38)37-28(31(39)40)22(21-41-30(27)37)12-10-11-19-26-20-36(35-34-26)32(23-13-4-1-5-14-23,24-15-6-2-7-16-24)25-17-8-3-9-18-25/h1-20,27,30H,21,33H2,(H,39,40)/b12-10+,19-11+/t27-,30-/m1/s1. The number of aromatic nitrogens is 3. The van der Waals surface area contributed by atoms with Crippen molar-refractivity contribution in [3.05, 3.63) is 149 Å². The molecule has 1 aromatic heterocycles. The number of rotatable bonds is 8. The molecule has 3 heterocycles. The van der Waals surface area contributed by atoms with E-state index in [1.807, 2.05) is 71.6 Å². The Bertz CT molecular complexity index is 1570. The van der Waals surface area contributed by atoms with E-state index in [0.717, 1.165) is 16.7 Å². The number of fused-ring (bicyclic) bond motifs is 1. The monoisotopic (exact) mass is 561 g/mol. The number of hydrogen-bond acceptors (Lipinski definition) is 6. The number of hydrogen-bond donors (Lipinski definition) is 2. The highest BCUT2D eigenvalue weighted by Crippen LogP contribution is 2.41. The van der Waals surface area contributed by atoms with Gasteiger partial charge in [0.25, 0.3) is 0 Å². The second-order valence-electron chi connectivity index (χ2n) is 9.73. The average Bonchev–Trinajstić information content (AvgIpc) is 3.49. The van der Waals surface area contributed by atoms with Gasteiger partial charge in [-0.3, -0.25) is 9.69 Å². The van der Waals surface area contributed by atoms with Gasteiger partial charge in [-0.25, -0.2) is 9.48 Å². The summed E-state index contributed by atoms with van der Waals surface area (Å²) in [5, 5.41) is 18.5. The molecule has 4 aromatic rings. The van der Waals surface area contributed by atoms with Gasteiger partial charge in [0.1, 0.15) is 28.3 Å². The lowest BCUT2D eigenvalue weighted by Gasteiger charge is -2.47. The normalized spacial score (nSPS) is 19.0. The van der Waals surface area contributed by atoms with Crippen molar-refractivity contribution in [1.29, 1.82) is 0 Å². The van der Waals surface area contributed by atoms with Gasteiger partial charge in [0.2, 0.25) is 5.91 Å². The van der Waals surface area contributed by atoms with E-state index < -0.39 is 17.6 Å². The minimum atomic E-state index is -1.14. The van der Waals surface area contributed by atoms with Gasteiger partial charge in [0, 0.05) is 5.75 Å². The number of carbonyl (C=O) groups is 2. The maximum atomic E-state index is 12.2. The third-order valence-electron chi connectivity index (χ3n) is 7.35. The van der Waals surface area contributed by atoms with Gasteiger partial charge in [-0.05, 0) is 28.3 Å². The van der Waals surface area contributed by atoms with Crippen LogP contribution in [0.1, 0.15) is 22.4 Å². The molecule has 0 saturated carbocycles. The first-order valence-corrected chi connectivity index (χ1v) is 14.2. The van der Waals surface area contributed by atoms with Crippen molar-refractivity contribution < 1.29 is 14.7 Å². The lowest BCUT2D eigenvalue weighted by Crippen LogP contribution is -2.68. The number of nitrogens with two attached hydrogens (primary N) is 1. The lowest BCUT2D eigenvalue weighted by molar-refractivity contribution is -0.147. The van der Waals surface area contributed by atoms with Crippen LogP contribution in [0.15, 0.2) is 127 Å². The highest BCUT2D eigenvalue weighted by molar-refractivity contribution is 8.00. The fraction of sp³-hybridized carbons (Fsp3) is 0.125. The molecule has 2 atom stereocenters. The average molecular weight is 562 g/mol. The molecule has 0 aliphatic carbocycles. The minimum absolute atomic E-state index is 0.00517. The molecule has 9 heteroatoms. The number of allylic oxidation sites excluding steroid dienone is 3. The van der Waals surface area contributed by atoms with Crippen LogP contribution >= 0.6 is 11.8 Å². The minimum Gasteiger partial charge on any atom is -0.477 e. The van der Waals surface area contributed by atoms with Crippen molar-refractivity contribution in [1.82, 2.24) is 19.9 Å². The summed E-state index contributed by atoms with van der Waals surface area (Å²) in [6, 6.07) is 30.0. The van der Waals surface area contributed by atoms with Crippen LogP contribution in [0.2, 0.25) is 0 Å². The Morgan fingerprint density at radius 3 is 1.98 bits per heavy atom. The van der Waals surface area contributed by atoms with Gasteiger partial charge in [-0.15, -0.1) is 16.9 Å². The Labute approximate surface area is 241 Å². The second-order valence-corrected chi connectivity index (χ2v) is 10.8. The van der Waals surface area contributed by atoms with E-state index in [2.05, 4.69) is 46.7 Å². The number of carbonyl (C=O) groups excluding carboxylic acids is 1. The summed E-state index contributed by atoms with van der Waals surface area (Å²) in [6.07, 6.45) is 8.97. The van der Waals surface area contributed by atoms with E-state index >= 15 is 0 Å². The molecule has 0 spiro atoms. The van der Waals surface area contributed by atoms with Gasteiger partial charge in [0.05, 0.1) is 6.20 Å². The van der Waals surface area contributed by atoms with Crippen molar-refractivity contribution in [2.75, 3.05) is 5.75 Å². The Kier molecular flexibility index (Phi) is 7.13. The van der Waals surface area contributed by atoms with Gasteiger partial charge < -0.3 is 10.8 Å². The molecule has 41 heavy (non-hydrogen) atoms. The van der Waals surface area contributed by atoms with Crippen molar-refractivity contribution >= 4 is 29.7 Å². The molecule has 2 aliphatic rings. The molecule has 0 bridgehead atoms. The summed E-state index contributed by atoms with van der Waals surface area (Å²) >= 11 is 1.47. The van der Waals surface area contributed by atoms with Gasteiger partial charge in [0.15, 0.2) is 0 Å². The predicted octanol–water partition coefficient (Wildman–Crippen LogP) is 4.27. The largest absolute Gasteiger partial charge is 0.477 e. The topological polar surface area (TPSA) is 114 Å².